The molecule has 4 nitrogen and oxygen atoms in total. The van der Waals surface area contributed by atoms with Crippen LogP contribution in [-0.4, -0.2) is 29.8 Å². The van der Waals surface area contributed by atoms with Gasteiger partial charge in [-0.15, -0.1) is 0 Å². The van der Waals surface area contributed by atoms with Crippen molar-refractivity contribution in [1.29, 1.82) is 0 Å². The number of halogens is 1. The molecule has 0 radical (unpaired) electrons. The number of phenolic OH excluding ortho intramolecular Hbond substituents is 1. The number of piperidine rings is 1. The van der Waals surface area contributed by atoms with Crippen molar-refractivity contribution in [3.63, 3.8) is 0 Å². The van der Waals surface area contributed by atoms with Crippen LogP contribution < -0.4 is 5.32 Å². The van der Waals surface area contributed by atoms with Crippen molar-refractivity contribution in [2.24, 2.45) is 5.92 Å². The van der Waals surface area contributed by atoms with Crippen molar-refractivity contribution in [2.45, 2.75) is 32.3 Å². The highest BCUT2D eigenvalue weighted by Crippen LogP contribution is 2.30. The lowest BCUT2D eigenvalue weighted by Gasteiger charge is -2.35. The zero-order chi connectivity index (χ0) is 14.8. The molecule has 0 amide bonds. The van der Waals surface area contributed by atoms with Crippen LogP contribution in [0.1, 0.15) is 37.0 Å². The van der Waals surface area contributed by atoms with E-state index in [4.69, 9.17) is 16.3 Å². The number of ether oxygens (including phenoxy) is 1. The van der Waals surface area contributed by atoms with E-state index in [0.29, 0.717) is 11.5 Å². The largest absolute Gasteiger partial charge is 0.506 e. The first-order valence-corrected chi connectivity index (χ1v) is 7.31. The Kier molecular flexibility index (Phi) is 4.55. The minimum absolute atomic E-state index is 0.0368. The van der Waals surface area contributed by atoms with E-state index in [9.17, 15) is 9.90 Å². The average Bonchev–Trinajstić information content (AvgIpc) is 2.42. The fourth-order valence-electron chi connectivity index (χ4n) is 2.64. The molecule has 0 spiro atoms. The molecule has 110 valence electrons. The highest BCUT2D eigenvalue weighted by molar-refractivity contribution is 6.32. The number of nitrogens with two attached hydrogens (primary N) is 1. The maximum Gasteiger partial charge on any atom is 0.338 e. The maximum atomic E-state index is 12.2. The fourth-order valence-corrected chi connectivity index (χ4v) is 2.82. The molecule has 0 atom stereocenters. The number of rotatable bonds is 3. The molecule has 0 saturated carbocycles. The van der Waals surface area contributed by atoms with Gasteiger partial charge < -0.3 is 15.2 Å². The molecule has 0 bridgehead atoms. The topological polar surface area (TPSA) is 63.1 Å². The minimum Gasteiger partial charge on any atom is -0.506 e. The van der Waals surface area contributed by atoms with Crippen LogP contribution in [0.5, 0.6) is 5.75 Å². The van der Waals surface area contributed by atoms with Crippen molar-refractivity contribution in [3.05, 3.63) is 28.8 Å². The third-order valence-electron chi connectivity index (χ3n) is 3.96. The van der Waals surface area contributed by atoms with Crippen LogP contribution in [0, 0.1) is 5.92 Å². The van der Waals surface area contributed by atoms with Crippen LogP contribution >= 0.6 is 11.6 Å². The second-order valence-electron chi connectivity index (χ2n) is 5.80. The summed E-state index contributed by atoms with van der Waals surface area (Å²) < 4.78 is 5.67. The summed E-state index contributed by atoms with van der Waals surface area (Å²) in [6.45, 7) is 6.08. The molecule has 0 aliphatic carbocycles. The van der Waals surface area contributed by atoms with E-state index in [-0.39, 0.29) is 10.8 Å². The third kappa shape index (κ3) is 3.44. The van der Waals surface area contributed by atoms with Crippen LogP contribution in [0.25, 0.3) is 0 Å². The Bertz CT molecular complexity index is 496. The Morgan fingerprint density at radius 3 is 2.65 bits per heavy atom. The summed E-state index contributed by atoms with van der Waals surface area (Å²) in [4.78, 5) is 12.2. The molecule has 1 saturated heterocycles. The molecule has 20 heavy (non-hydrogen) atoms. The number of quaternary nitrogens is 1. The van der Waals surface area contributed by atoms with Crippen LogP contribution in [-0.2, 0) is 4.74 Å². The number of benzene rings is 1. The number of carbonyl (C=O) groups is 1. The molecule has 1 heterocycles. The van der Waals surface area contributed by atoms with E-state index in [1.165, 1.54) is 18.2 Å². The molecule has 2 rings (SSSR count). The van der Waals surface area contributed by atoms with E-state index in [2.05, 4.69) is 5.32 Å². The van der Waals surface area contributed by atoms with E-state index in [1.807, 2.05) is 13.8 Å². The molecule has 3 N–H and O–H groups in total. The second-order valence-corrected chi connectivity index (χ2v) is 6.21. The Balaban J connectivity index is 2.07. The summed E-state index contributed by atoms with van der Waals surface area (Å²) in [6, 6.07) is 4.36. The second kappa shape index (κ2) is 6.02. The van der Waals surface area contributed by atoms with Gasteiger partial charge in [-0.1, -0.05) is 11.6 Å². The summed E-state index contributed by atoms with van der Waals surface area (Å²) in [5.41, 5.74) is -0.126. The van der Waals surface area contributed by atoms with Crippen molar-refractivity contribution in [2.75, 3.05) is 13.1 Å². The van der Waals surface area contributed by atoms with Crippen molar-refractivity contribution in [1.82, 2.24) is 0 Å². The molecule has 0 unspecified atom stereocenters. The van der Waals surface area contributed by atoms with Crippen molar-refractivity contribution >= 4 is 17.6 Å². The maximum absolute atomic E-state index is 12.2. The molecule has 1 aromatic rings. The predicted molar refractivity (Wildman–Crippen MR) is 77.0 cm³/mol. The minimum atomic E-state index is -0.490. The zero-order valence-electron chi connectivity index (χ0n) is 11.9. The molecule has 1 aliphatic heterocycles. The van der Waals surface area contributed by atoms with Gasteiger partial charge in [0, 0.05) is 18.8 Å². The van der Waals surface area contributed by atoms with Gasteiger partial charge in [-0.25, -0.2) is 4.79 Å². The first kappa shape index (κ1) is 15.1. The van der Waals surface area contributed by atoms with Gasteiger partial charge >= 0.3 is 5.97 Å². The normalized spacial score (nSPS) is 16.9. The fraction of sp³-hybridized carbons (Fsp3) is 0.533. The number of carbonyl (C=O) groups excluding carboxylic acids is 1. The number of hydrogen-bond acceptors (Lipinski definition) is 3. The predicted octanol–water partition coefficient (Wildman–Crippen LogP) is 1.95. The Labute approximate surface area is 124 Å². The van der Waals surface area contributed by atoms with Gasteiger partial charge in [0.05, 0.1) is 23.7 Å². The summed E-state index contributed by atoms with van der Waals surface area (Å²) in [5.74, 6) is -0.0548. The van der Waals surface area contributed by atoms with Crippen LogP contribution in [0.3, 0.4) is 0 Å². The monoisotopic (exact) mass is 298 g/mol. The number of aromatic hydroxyl groups is 1. The molecule has 5 heteroatoms. The SMILES string of the molecule is CC(C)(OC(=O)c1ccc(O)c(Cl)c1)C1CC[NH2+]CC1. The third-order valence-corrected chi connectivity index (χ3v) is 4.26. The van der Waals surface area contributed by atoms with Crippen LogP contribution in [0.15, 0.2) is 18.2 Å². The van der Waals surface area contributed by atoms with Crippen molar-refractivity contribution in [3.8, 4) is 5.75 Å². The van der Waals surface area contributed by atoms with Gasteiger partial charge in [0.15, 0.2) is 0 Å². The lowest BCUT2D eigenvalue weighted by molar-refractivity contribution is -0.665. The lowest BCUT2D eigenvalue weighted by Crippen LogP contribution is -2.86. The molecule has 0 aromatic heterocycles. The number of esters is 1. The number of phenols is 1. The van der Waals surface area contributed by atoms with Crippen LogP contribution in [0.4, 0.5) is 0 Å². The molecular formula is C15H21ClNO3+. The molecule has 1 aliphatic rings. The van der Waals surface area contributed by atoms with Gasteiger partial charge in [-0.2, -0.15) is 0 Å². The lowest BCUT2D eigenvalue weighted by atomic mass is 9.83. The Morgan fingerprint density at radius 1 is 1.40 bits per heavy atom. The van der Waals surface area contributed by atoms with E-state index in [1.54, 1.807) is 0 Å². The standard InChI is InChI=1S/C15H20ClNO3/c1-15(2,11-5-7-17-8-6-11)20-14(19)10-3-4-13(18)12(16)9-10/h3-4,9,11,17-18H,5-8H2,1-2H3/p+1. The average molecular weight is 299 g/mol. The quantitative estimate of drug-likeness (QED) is 0.839. The Morgan fingerprint density at radius 2 is 2.05 bits per heavy atom. The van der Waals surface area contributed by atoms with Gasteiger partial charge in [0.2, 0.25) is 0 Å². The van der Waals surface area contributed by atoms with E-state index >= 15 is 0 Å². The summed E-state index contributed by atoms with van der Waals surface area (Å²) in [6.07, 6.45) is 2.10. The number of hydrogen-bond donors (Lipinski definition) is 2. The highest BCUT2D eigenvalue weighted by Gasteiger charge is 2.35. The van der Waals surface area contributed by atoms with Gasteiger partial charge in [0.1, 0.15) is 11.4 Å². The molecular weight excluding hydrogens is 278 g/mol. The van der Waals surface area contributed by atoms with E-state index in [0.717, 1.165) is 25.9 Å². The smallest absolute Gasteiger partial charge is 0.338 e. The zero-order valence-corrected chi connectivity index (χ0v) is 12.6. The first-order valence-electron chi connectivity index (χ1n) is 6.93. The molecule has 1 aromatic carbocycles. The van der Waals surface area contributed by atoms with Crippen molar-refractivity contribution < 1.29 is 20.0 Å². The summed E-state index contributed by atoms with van der Waals surface area (Å²) >= 11 is 5.82. The Hall–Kier alpha value is -1.26. The van der Waals surface area contributed by atoms with Gasteiger partial charge in [0.25, 0.3) is 0 Å². The summed E-state index contributed by atoms with van der Waals surface area (Å²) in [7, 11) is 0. The molecule has 1 fully saturated rings. The van der Waals surface area contributed by atoms with E-state index < -0.39 is 11.6 Å². The van der Waals surface area contributed by atoms with Gasteiger partial charge in [-0.3, -0.25) is 0 Å². The highest BCUT2D eigenvalue weighted by atomic mass is 35.5. The summed E-state index contributed by atoms with van der Waals surface area (Å²) in [5, 5.41) is 11.8. The van der Waals surface area contributed by atoms with Crippen LogP contribution in [0.2, 0.25) is 5.02 Å². The first-order chi connectivity index (χ1) is 9.40. The van der Waals surface area contributed by atoms with Gasteiger partial charge in [-0.05, 0) is 32.0 Å².